The van der Waals surface area contributed by atoms with Gasteiger partial charge in [-0.2, -0.15) is 23.3 Å². The van der Waals surface area contributed by atoms with E-state index in [9.17, 15) is 0 Å². The number of benzene rings is 3. The Kier molecular flexibility index (Phi) is 14.9. The van der Waals surface area contributed by atoms with Crippen molar-refractivity contribution in [2.24, 2.45) is 0 Å². The fourth-order valence-electron chi connectivity index (χ4n) is 8.38. The zero-order chi connectivity index (χ0) is 38.8. The van der Waals surface area contributed by atoms with Crippen molar-refractivity contribution in [1.29, 1.82) is 0 Å². The van der Waals surface area contributed by atoms with E-state index < -0.39 is 0 Å². The molecule has 296 valence electrons. The number of ether oxygens (including phenoxy) is 1. The van der Waals surface area contributed by atoms with Gasteiger partial charge >= 0.3 is 26.2 Å². The largest absolute Gasteiger partial charge is 4.00 e. The van der Waals surface area contributed by atoms with Crippen LogP contribution in [0, 0.1) is 13.0 Å². The van der Waals surface area contributed by atoms with E-state index in [1.165, 1.54) is 91.3 Å². The Labute approximate surface area is 371 Å². The molecule has 0 spiro atoms. The molecule has 0 radical (unpaired) electrons. The van der Waals surface area contributed by atoms with Crippen molar-refractivity contribution in [2.45, 2.75) is 144 Å². The first-order chi connectivity index (χ1) is 24.6. The zero-order valence-corrected chi connectivity index (χ0v) is 40.8. The number of hydrogen-bond donors (Lipinski definition) is 0. The number of aryl methyl sites for hydroxylation is 1. The van der Waals surface area contributed by atoms with Crippen molar-refractivity contribution in [3.8, 4) is 16.9 Å². The van der Waals surface area contributed by atoms with Crippen molar-refractivity contribution in [3.63, 3.8) is 0 Å². The minimum atomic E-state index is -0.00600. The molecule has 0 saturated heterocycles. The summed E-state index contributed by atoms with van der Waals surface area (Å²) < 4.78 is 6.13. The van der Waals surface area contributed by atoms with Crippen LogP contribution in [0.1, 0.15) is 149 Å². The molecule has 0 fully saturated rings. The average Bonchev–Trinajstić information content (AvgIpc) is 3.77. The predicted molar refractivity (Wildman–Crippen MR) is 230 cm³/mol. The number of fused-ring (bicyclic) bond motifs is 2. The van der Waals surface area contributed by atoms with Gasteiger partial charge in [0.05, 0.1) is 7.11 Å². The smallest absolute Gasteiger partial charge is 1.00 e. The maximum Gasteiger partial charge on any atom is 4.00 e. The summed E-state index contributed by atoms with van der Waals surface area (Å²) in [4.78, 5) is 0. The van der Waals surface area contributed by atoms with E-state index in [4.69, 9.17) is 4.74 Å². The molecule has 1 atom stereocenters. The van der Waals surface area contributed by atoms with Crippen molar-refractivity contribution in [2.75, 3.05) is 7.11 Å². The second-order valence-electron chi connectivity index (χ2n) is 20.1. The number of allylic oxidation sites excluding steroid dienone is 8. The summed E-state index contributed by atoms with van der Waals surface area (Å²) in [5.41, 5.74) is 18.3. The molecular weight excluding hydrogens is 803 g/mol. The molecule has 0 aliphatic heterocycles. The Bertz CT molecular complexity index is 2140. The molecule has 56 heavy (non-hydrogen) atoms. The average molecular weight is 867 g/mol. The Morgan fingerprint density at radius 3 is 1.77 bits per heavy atom. The third-order valence-electron chi connectivity index (χ3n) is 11.5. The van der Waals surface area contributed by atoms with Crippen LogP contribution in [0.2, 0.25) is 0 Å². The maximum atomic E-state index is 6.13. The SMILES string of the molecule is CC1=[C-]C2=CC3=C(CCC3)C(c3ccc(C(C)(C)C)cc3)C2=C1.COc1c(C(C)(C)C)cc2[cH-]c(C)cc2c1-c1cc(C(C)(C)C)cc(C(C)(C)C)c1.[Cl-].[Cl-].[Zr+4]. The molecule has 4 aromatic carbocycles. The van der Waals surface area contributed by atoms with E-state index in [-0.39, 0.29) is 72.7 Å². The topological polar surface area (TPSA) is 9.23 Å². The van der Waals surface area contributed by atoms with Gasteiger partial charge in [-0.1, -0.05) is 151 Å². The first-order valence-corrected chi connectivity index (χ1v) is 19.9. The van der Waals surface area contributed by atoms with E-state index in [0.717, 1.165) is 5.75 Å². The van der Waals surface area contributed by atoms with Gasteiger partial charge in [0.2, 0.25) is 0 Å². The monoisotopic (exact) mass is 864 g/mol. The van der Waals surface area contributed by atoms with Crippen LogP contribution in [0.5, 0.6) is 5.75 Å². The quantitative estimate of drug-likeness (QED) is 0.188. The molecule has 3 aliphatic carbocycles. The maximum absolute atomic E-state index is 6.13. The van der Waals surface area contributed by atoms with Gasteiger partial charge in [0.1, 0.15) is 5.75 Å². The summed E-state index contributed by atoms with van der Waals surface area (Å²) >= 11 is 0. The van der Waals surface area contributed by atoms with Crippen LogP contribution in [0.3, 0.4) is 0 Å². The fraction of sp³-hybridized carbons (Fsp3) is 0.442. The minimum absolute atomic E-state index is 0. The fourth-order valence-corrected chi connectivity index (χ4v) is 8.38. The van der Waals surface area contributed by atoms with Crippen molar-refractivity contribution < 1.29 is 55.8 Å². The minimum Gasteiger partial charge on any atom is -1.00 e. The standard InChI is InChI=1S/C29H39O.C23H25.2ClH.Zr/c1-18-12-19-16-24(29(8,9)10)26(30-11)25(23(19)13-18)20-14-21(27(2,3)4)17-22(15-20)28(5,6)7;1-15-12-18-14-17-6-5-7-20(17)22(21(18)13-15)16-8-10-19(11-9-16)23(2,3)4;;;/h12-17H,1-11H3;8-11,13-14,22H,5-7H2,1-4H3;2*1H;/q2*-1;;;+4/p-2. The Hall–Kier alpha value is -2.51. The Morgan fingerprint density at radius 1 is 0.679 bits per heavy atom. The summed E-state index contributed by atoms with van der Waals surface area (Å²) in [5, 5.41) is 2.58. The van der Waals surface area contributed by atoms with Crippen LogP contribution in [-0.2, 0) is 47.9 Å². The van der Waals surface area contributed by atoms with E-state index in [0.29, 0.717) is 5.92 Å². The number of methoxy groups -OCH3 is 1. The normalized spacial score (nSPS) is 16.6. The molecule has 0 saturated carbocycles. The molecular formula is C52H64Cl2OZr. The summed E-state index contributed by atoms with van der Waals surface area (Å²) in [5.74, 6) is 1.46. The molecule has 7 rings (SSSR count). The molecule has 0 aromatic heterocycles. The third-order valence-corrected chi connectivity index (χ3v) is 11.5. The number of halogens is 2. The van der Waals surface area contributed by atoms with Crippen LogP contribution in [0.4, 0.5) is 0 Å². The molecule has 0 heterocycles. The van der Waals surface area contributed by atoms with Crippen LogP contribution in [-0.4, -0.2) is 7.11 Å². The van der Waals surface area contributed by atoms with Gasteiger partial charge in [-0.15, -0.1) is 46.2 Å². The Morgan fingerprint density at radius 2 is 1.25 bits per heavy atom. The van der Waals surface area contributed by atoms with Gasteiger partial charge in [0.15, 0.2) is 0 Å². The second kappa shape index (κ2) is 17.4. The molecule has 4 aromatic rings. The van der Waals surface area contributed by atoms with Crippen LogP contribution in [0.15, 0.2) is 101 Å². The molecule has 4 heteroatoms. The van der Waals surface area contributed by atoms with E-state index in [1.54, 1.807) is 11.1 Å². The third kappa shape index (κ3) is 9.84. The molecule has 0 N–H and O–H groups in total. The molecule has 1 nitrogen and oxygen atoms in total. The van der Waals surface area contributed by atoms with Crippen molar-refractivity contribution in [1.82, 2.24) is 0 Å². The van der Waals surface area contributed by atoms with E-state index in [2.05, 4.69) is 176 Å². The molecule has 0 bridgehead atoms. The number of rotatable bonds is 3. The van der Waals surface area contributed by atoms with Crippen molar-refractivity contribution >= 4 is 10.8 Å². The van der Waals surface area contributed by atoms with Crippen LogP contribution in [0.25, 0.3) is 21.9 Å². The van der Waals surface area contributed by atoms with Gasteiger partial charge in [-0.25, -0.2) is 0 Å². The van der Waals surface area contributed by atoms with Gasteiger partial charge in [-0.3, -0.25) is 0 Å². The Balaban J connectivity index is 0.000000293. The first kappa shape index (κ1) is 47.9. The summed E-state index contributed by atoms with van der Waals surface area (Å²) in [6.07, 6.45) is 12.1. The molecule has 1 unspecified atom stereocenters. The van der Waals surface area contributed by atoms with Gasteiger partial charge < -0.3 is 29.6 Å². The molecule has 0 amide bonds. The van der Waals surface area contributed by atoms with Gasteiger partial charge in [-0.05, 0) is 85.8 Å². The first-order valence-electron chi connectivity index (χ1n) is 19.9. The predicted octanol–water partition coefficient (Wildman–Crippen LogP) is 8.62. The van der Waals surface area contributed by atoms with Crippen molar-refractivity contribution in [3.05, 3.63) is 140 Å². The summed E-state index contributed by atoms with van der Waals surface area (Å²) in [6.45, 7) is 31.8. The summed E-state index contributed by atoms with van der Waals surface area (Å²) in [6, 6.07) is 23.4. The van der Waals surface area contributed by atoms with Crippen LogP contribution < -0.4 is 29.6 Å². The summed E-state index contributed by atoms with van der Waals surface area (Å²) in [7, 11) is 1.81. The second-order valence-corrected chi connectivity index (χ2v) is 20.1. The van der Waals surface area contributed by atoms with Gasteiger partial charge in [0.25, 0.3) is 0 Å². The zero-order valence-electron chi connectivity index (χ0n) is 36.8. The van der Waals surface area contributed by atoms with E-state index >= 15 is 0 Å². The number of hydrogen-bond acceptors (Lipinski definition) is 1. The molecule has 3 aliphatic rings. The van der Waals surface area contributed by atoms with Gasteiger partial charge in [0, 0.05) is 0 Å². The van der Waals surface area contributed by atoms with E-state index in [1.807, 2.05) is 7.11 Å². The van der Waals surface area contributed by atoms with Crippen LogP contribution >= 0.6 is 0 Å².